The molecule has 0 aliphatic heterocycles. The predicted molar refractivity (Wildman–Crippen MR) is 51.8 cm³/mol. The maximum Gasteiger partial charge on any atom is 0.147 e. The van der Waals surface area contributed by atoms with Gasteiger partial charge in [0.15, 0.2) is 0 Å². The molecule has 1 rings (SSSR count). The molecule has 0 fully saturated rings. The zero-order valence-electron chi connectivity index (χ0n) is 8.27. The lowest BCUT2D eigenvalue weighted by atomic mass is 9.80. The van der Waals surface area contributed by atoms with Gasteiger partial charge in [0, 0.05) is 5.92 Å². The van der Waals surface area contributed by atoms with Crippen molar-refractivity contribution in [2.75, 3.05) is 0 Å². The maximum atomic E-state index is 9.46. The first-order chi connectivity index (χ1) is 6.20. The SMILES string of the molecule is CC[C@@H](C)[C@@H]1CC=C[C@H]1C(O)C#N. The van der Waals surface area contributed by atoms with Crippen molar-refractivity contribution in [2.24, 2.45) is 17.8 Å². The van der Waals surface area contributed by atoms with Crippen LogP contribution in [0.2, 0.25) is 0 Å². The molecule has 1 aliphatic carbocycles. The Balaban J connectivity index is 2.63. The summed E-state index contributed by atoms with van der Waals surface area (Å²) in [6.07, 6.45) is 5.38. The quantitative estimate of drug-likeness (QED) is 0.532. The van der Waals surface area contributed by atoms with Crippen molar-refractivity contribution in [3.8, 4) is 6.07 Å². The summed E-state index contributed by atoms with van der Waals surface area (Å²) in [6, 6.07) is 1.92. The zero-order chi connectivity index (χ0) is 9.84. The van der Waals surface area contributed by atoms with E-state index in [9.17, 15) is 5.11 Å². The molecule has 2 heteroatoms. The van der Waals surface area contributed by atoms with Crippen molar-refractivity contribution in [1.82, 2.24) is 0 Å². The smallest absolute Gasteiger partial charge is 0.147 e. The van der Waals surface area contributed by atoms with Crippen molar-refractivity contribution >= 4 is 0 Å². The van der Waals surface area contributed by atoms with Gasteiger partial charge >= 0.3 is 0 Å². The van der Waals surface area contributed by atoms with Gasteiger partial charge < -0.3 is 5.11 Å². The molecule has 0 saturated carbocycles. The number of rotatable bonds is 3. The van der Waals surface area contributed by atoms with Gasteiger partial charge in [-0.1, -0.05) is 32.4 Å². The third-order valence-corrected chi connectivity index (χ3v) is 3.13. The molecule has 0 aromatic rings. The monoisotopic (exact) mass is 179 g/mol. The fourth-order valence-corrected chi connectivity index (χ4v) is 2.03. The molecule has 0 spiro atoms. The fraction of sp³-hybridized carbons (Fsp3) is 0.727. The summed E-state index contributed by atoms with van der Waals surface area (Å²) in [5.74, 6) is 1.10. The molecule has 0 saturated heterocycles. The second-order valence-electron chi connectivity index (χ2n) is 3.86. The molecule has 1 N–H and O–H groups in total. The number of nitrogens with zero attached hydrogens (tertiary/aromatic N) is 1. The van der Waals surface area contributed by atoms with E-state index in [-0.39, 0.29) is 5.92 Å². The van der Waals surface area contributed by atoms with Crippen LogP contribution >= 0.6 is 0 Å². The van der Waals surface area contributed by atoms with E-state index < -0.39 is 6.10 Å². The second kappa shape index (κ2) is 4.43. The highest BCUT2D eigenvalue weighted by atomic mass is 16.3. The summed E-state index contributed by atoms with van der Waals surface area (Å²) >= 11 is 0. The summed E-state index contributed by atoms with van der Waals surface area (Å²) in [4.78, 5) is 0. The van der Waals surface area contributed by atoms with Crippen LogP contribution in [0.4, 0.5) is 0 Å². The largest absolute Gasteiger partial charge is 0.378 e. The van der Waals surface area contributed by atoms with Crippen molar-refractivity contribution in [3.05, 3.63) is 12.2 Å². The van der Waals surface area contributed by atoms with Crippen molar-refractivity contribution < 1.29 is 5.11 Å². The molecule has 1 aliphatic rings. The average molecular weight is 179 g/mol. The standard InChI is InChI=1S/C11H17NO/c1-3-8(2)9-5-4-6-10(9)11(13)7-12/h4,6,8-11,13H,3,5H2,1-2H3/t8-,9+,10-,11?/m1/s1. The van der Waals surface area contributed by atoms with Gasteiger partial charge in [-0.2, -0.15) is 5.26 Å². The van der Waals surface area contributed by atoms with Gasteiger partial charge in [0.25, 0.3) is 0 Å². The highest BCUT2D eigenvalue weighted by molar-refractivity contribution is 5.09. The summed E-state index contributed by atoms with van der Waals surface area (Å²) in [5.41, 5.74) is 0. The summed E-state index contributed by atoms with van der Waals surface area (Å²) < 4.78 is 0. The second-order valence-corrected chi connectivity index (χ2v) is 3.86. The van der Waals surface area contributed by atoms with Crippen LogP contribution in [0.5, 0.6) is 0 Å². The molecule has 2 nitrogen and oxygen atoms in total. The normalized spacial score (nSPS) is 31.2. The first-order valence-electron chi connectivity index (χ1n) is 4.95. The number of allylic oxidation sites excluding steroid dienone is 1. The third-order valence-electron chi connectivity index (χ3n) is 3.13. The number of nitriles is 1. The molecular formula is C11H17NO. The Labute approximate surface area is 79.9 Å². The molecule has 0 heterocycles. The summed E-state index contributed by atoms with van der Waals surface area (Å²) in [5, 5.41) is 18.1. The van der Waals surface area contributed by atoms with E-state index >= 15 is 0 Å². The third kappa shape index (κ3) is 2.10. The van der Waals surface area contributed by atoms with Crippen molar-refractivity contribution in [1.29, 1.82) is 5.26 Å². The van der Waals surface area contributed by atoms with E-state index in [1.54, 1.807) is 0 Å². The van der Waals surface area contributed by atoms with E-state index in [2.05, 4.69) is 19.9 Å². The van der Waals surface area contributed by atoms with Crippen LogP contribution in [-0.4, -0.2) is 11.2 Å². The van der Waals surface area contributed by atoms with Crippen molar-refractivity contribution in [2.45, 2.75) is 32.8 Å². The number of aliphatic hydroxyl groups excluding tert-OH is 1. The molecule has 0 aromatic carbocycles. The van der Waals surface area contributed by atoms with Crippen LogP contribution in [-0.2, 0) is 0 Å². The van der Waals surface area contributed by atoms with Crippen molar-refractivity contribution in [3.63, 3.8) is 0 Å². The topological polar surface area (TPSA) is 44.0 Å². The Morgan fingerprint density at radius 3 is 2.92 bits per heavy atom. The summed E-state index contributed by atoms with van der Waals surface area (Å²) in [7, 11) is 0. The first-order valence-corrected chi connectivity index (χ1v) is 4.95. The maximum absolute atomic E-state index is 9.46. The highest BCUT2D eigenvalue weighted by Gasteiger charge is 2.31. The van der Waals surface area contributed by atoms with Crippen LogP contribution in [0, 0.1) is 29.1 Å². The van der Waals surface area contributed by atoms with Gasteiger partial charge in [0.1, 0.15) is 6.10 Å². The van der Waals surface area contributed by atoms with Gasteiger partial charge in [-0.25, -0.2) is 0 Å². The van der Waals surface area contributed by atoms with E-state index in [0.29, 0.717) is 11.8 Å². The van der Waals surface area contributed by atoms with Gasteiger partial charge in [-0.15, -0.1) is 0 Å². The molecule has 0 aromatic heterocycles. The van der Waals surface area contributed by atoms with Crippen LogP contribution in [0.25, 0.3) is 0 Å². The van der Waals surface area contributed by atoms with E-state index in [4.69, 9.17) is 5.26 Å². The Hall–Kier alpha value is -0.810. The minimum absolute atomic E-state index is 0.0555. The minimum Gasteiger partial charge on any atom is -0.378 e. The molecule has 0 radical (unpaired) electrons. The Kier molecular flexibility index (Phi) is 3.50. The minimum atomic E-state index is -0.822. The Morgan fingerprint density at radius 2 is 2.38 bits per heavy atom. The van der Waals surface area contributed by atoms with Gasteiger partial charge in [-0.05, 0) is 18.3 Å². The molecule has 4 atom stereocenters. The predicted octanol–water partition coefficient (Wildman–Crippen LogP) is 2.11. The molecule has 0 bridgehead atoms. The fourth-order valence-electron chi connectivity index (χ4n) is 2.03. The Bertz CT molecular complexity index is 229. The molecule has 1 unspecified atom stereocenters. The van der Waals surface area contributed by atoms with Crippen LogP contribution in [0.1, 0.15) is 26.7 Å². The average Bonchev–Trinajstić information content (AvgIpc) is 2.63. The Morgan fingerprint density at radius 1 is 1.69 bits per heavy atom. The van der Waals surface area contributed by atoms with Crippen LogP contribution in [0.15, 0.2) is 12.2 Å². The first kappa shape index (κ1) is 10.3. The summed E-state index contributed by atoms with van der Waals surface area (Å²) in [6.45, 7) is 4.34. The zero-order valence-corrected chi connectivity index (χ0v) is 8.27. The van der Waals surface area contributed by atoms with E-state index in [0.717, 1.165) is 12.8 Å². The molecule has 13 heavy (non-hydrogen) atoms. The van der Waals surface area contributed by atoms with E-state index in [1.165, 1.54) is 0 Å². The molecule has 0 amide bonds. The van der Waals surface area contributed by atoms with E-state index in [1.807, 2.05) is 12.1 Å². The van der Waals surface area contributed by atoms with Gasteiger partial charge in [-0.3, -0.25) is 0 Å². The van der Waals surface area contributed by atoms with Crippen LogP contribution < -0.4 is 0 Å². The van der Waals surface area contributed by atoms with Crippen LogP contribution in [0.3, 0.4) is 0 Å². The highest BCUT2D eigenvalue weighted by Crippen LogP contribution is 2.35. The number of aliphatic hydroxyl groups is 1. The lowest BCUT2D eigenvalue weighted by Gasteiger charge is -2.25. The van der Waals surface area contributed by atoms with Gasteiger partial charge in [0.2, 0.25) is 0 Å². The lowest BCUT2D eigenvalue weighted by molar-refractivity contribution is 0.130. The molecular weight excluding hydrogens is 162 g/mol. The number of hydrogen-bond donors (Lipinski definition) is 1. The molecule has 72 valence electrons. The number of hydrogen-bond acceptors (Lipinski definition) is 2. The lowest BCUT2D eigenvalue weighted by Crippen LogP contribution is -2.26. The van der Waals surface area contributed by atoms with Gasteiger partial charge in [0.05, 0.1) is 6.07 Å².